The van der Waals surface area contributed by atoms with Crippen LogP contribution >= 0.6 is 0 Å². The number of methoxy groups -OCH3 is 1. The van der Waals surface area contributed by atoms with E-state index in [0.29, 0.717) is 18.6 Å². The summed E-state index contributed by atoms with van der Waals surface area (Å²) in [5.41, 5.74) is 2.38. The molecule has 1 aliphatic rings. The third-order valence-electron chi connectivity index (χ3n) is 4.43. The van der Waals surface area contributed by atoms with E-state index in [1.165, 1.54) is 5.56 Å². The summed E-state index contributed by atoms with van der Waals surface area (Å²) < 4.78 is 5.22. The summed E-state index contributed by atoms with van der Waals surface area (Å²) in [4.78, 5) is 2.25. The Morgan fingerprint density at radius 1 is 1.37 bits per heavy atom. The van der Waals surface area contributed by atoms with Gasteiger partial charge in [-0.05, 0) is 37.4 Å². The van der Waals surface area contributed by atoms with E-state index in [1.54, 1.807) is 7.11 Å². The van der Waals surface area contributed by atoms with E-state index in [2.05, 4.69) is 44.0 Å². The fraction of sp³-hybridized carbons (Fsp3) is 0.625. The molecule has 0 fully saturated rings. The molecule has 3 nitrogen and oxygen atoms in total. The van der Waals surface area contributed by atoms with Gasteiger partial charge in [-0.3, -0.25) is 4.90 Å². The van der Waals surface area contributed by atoms with Crippen molar-refractivity contribution in [1.82, 2.24) is 4.90 Å². The topological polar surface area (TPSA) is 32.7 Å². The maximum atomic E-state index is 10.6. The lowest BCUT2D eigenvalue weighted by Crippen LogP contribution is -2.46. The number of rotatable bonds is 4. The van der Waals surface area contributed by atoms with E-state index < -0.39 is 6.10 Å². The Balaban J connectivity index is 2.22. The smallest absolute Gasteiger partial charge is 0.0948 e. The van der Waals surface area contributed by atoms with Gasteiger partial charge in [0.15, 0.2) is 0 Å². The minimum absolute atomic E-state index is 0.162. The molecule has 0 heterocycles. The van der Waals surface area contributed by atoms with Gasteiger partial charge in [-0.2, -0.15) is 0 Å². The van der Waals surface area contributed by atoms with Gasteiger partial charge in [0, 0.05) is 19.2 Å². The first-order valence-electron chi connectivity index (χ1n) is 7.04. The van der Waals surface area contributed by atoms with E-state index in [0.717, 1.165) is 12.0 Å². The standard InChI is InChI=1S/C16H25NO2/c1-11-9-15(17(3)12(2)10-19-4)16(18)14-8-6-5-7-13(11)14/h5-8,11-12,15-16,18H,9-10H2,1-4H3. The highest BCUT2D eigenvalue weighted by Gasteiger charge is 2.35. The molecular weight excluding hydrogens is 238 g/mol. The lowest BCUT2D eigenvalue weighted by atomic mass is 9.78. The average Bonchev–Trinajstić information content (AvgIpc) is 2.42. The molecule has 1 N–H and O–H groups in total. The minimum Gasteiger partial charge on any atom is -0.387 e. The van der Waals surface area contributed by atoms with Crippen molar-refractivity contribution < 1.29 is 9.84 Å². The third-order valence-corrected chi connectivity index (χ3v) is 4.43. The van der Waals surface area contributed by atoms with Crippen LogP contribution in [0, 0.1) is 0 Å². The highest BCUT2D eigenvalue weighted by atomic mass is 16.5. The number of nitrogens with zero attached hydrogens (tertiary/aromatic N) is 1. The number of aliphatic hydroxyl groups excluding tert-OH is 1. The second kappa shape index (κ2) is 6.04. The molecule has 4 unspecified atom stereocenters. The van der Waals surface area contributed by atoms with E-state index in [1.807, 2.05) is 6.07 Å². The second-order valence-corrected chi connectivity index (χ2v) is 5.75. The van der Waals surface area contributed by atoms with Gasteiger partial charge in [0.25, 0.3) is 0 Å². The molecule has 1 aliphatic carbocycles. The zero-order valence-electron chi connectivity index (χ0n) is 12.3. The van der Waals surface area contributed by atoms with Gasteiger partial charge >= 0.3 is 0 Å². The molecule has 0 bridgehead atoms. The van der Waals surface area contributed by atoms with E-state index in [4.69, 9.17) is 4.74 Å². The number of ether oxygens (including phenoxy) is 1. The maximum Gasteiger partial charge on any atom is 0.0948 e. The Hall–Kier alpha value is -0.900. The minimum atomic E-state index is -0.406. The maximum absolute atomic E-state index is 10.6. The zero-order chi connectivity index (χ0) is 14.0. The predicted octanol–water partition coefficient (Wildman–Crippen LogP) is 2.56. The first kappa shape index (κ1) is 14.5. The van der Waals surface area contributed by atoms with Crippen molar-refractivity contribution >= 4 is 0 Å². The molecule has 0 aromatic heterocycles. The van der Waals surface area contributed by atoms with Crippen molar-refractivity contribution in [3.63, 3.8) is 0 Å². The third kappa shape index (κ3) is 2.83. The summed E-state index contributed by atoms with van der Waals surface area (Å²) in [5, 5.41) is 10.6. The van der Waals surface area contributed by atoms with Crippen molar-refractivity contribution in [3.8, 4) is 0 Å². The molecule has 0 saturated carbocycles. The van der Waals surface area contributed by atoms with Gasteiger partial charge in [-0.15, -0.1) is 0 Å². The molecule has 0 radical (unpaired) electrons. The van der Waals surface area contributed by atoms with Crippen LogP contribution in [0.15, 0.2) is 24.3 Å². The van der Waals surface area contributed by atoms with Crippen LogP contribution in [0.5, 0.6) is 0 Å². The molecule has 3 heteroatoms. The molecule has 2 rings (SSSR count). The van der Waals surface area contributed by atoms with Crippen molar-refractivity contribution in [2.24, 2.45) is 0 Å². The van der Waals surface area contributed by atoms with Gasteiger partial charge in [-0.25, -0.2) is 0 Å². The SMILES string of the molecule is COCC(C)N(C)C1CC(C)c2ccccc2C1O. The average molecular weight is 263 g/mol. The van der Waals surface area contributed by atoms with Gasteiger partial charge in [0.2, 0.25) is 0 Å². The summed E-state index contributed by atoms with van der Waals surface area (Å²) in [7, 11) is 3.80. The summed E-state index contributed by atoms with van der Waals surface area (Å²) in [5.74, 6) is 0.488. The molecule has 19 heavy (non-hydrogen) atoms. The number of hydrogen-bond acceptors (Lipinski definition) is 3. The van der Waals surface area contributed by atoms with Gasteiger partial charge in [-0.1, -0.05) is 31.2 Å². The van der Waals surface area contributed by atoms with Crippen LogP contribution in [0.4, 0.5) is 0 Å². The van der Waals surface area contributed by atoms with E-state index in [9.17, 15) is 5.11 Å². The van der Waals surface area contributed by atoms with Crippen LogP contribution < -0.4 is 0 Å². The predicted molar refractivity (Wildman–Crippen MR) is 77.3 cm³/mol. The van der Waals surface area contributed by atoms with Crippen LogP contribution in [0.1, 0.15) is 43.4 Å². The molecule has 0 amide bonds. The largest absolute Gasteiger partial charge is 0.387 e. The van der Waals surface area contributed by atoms with Crippen molar-refractivity contribution in [3.05, 3.63) is 35.4 Å². The first-order valence-corrected chi connectivity index (χ1v) is 7.04. The van der Waals surface area contributed by atoms with Crippen LogP contribution in [0.3, 0.4) is 0 Å². The number of fused-ring (bicyclic) bond motifs is 1. The van der Waals surface area contributed by atoms with Crippen molar-refractivity contribution in [1.29, 1.82) is 0 Å². The van der Waals surface area contributed by atoms with Crippen molar-refractivity contribution in [2.45, 2.75) is 44.4 Å². The number of likely N-dealkylation sites (N-methyl/N-ethyl adjacent to an activating group) is 1. The normalized spacial score (nSPS) is 28.2. The van der Waals surface area contributed by atoms with Crippen molar-refractivity contribution in [2.75, 3.05) is 20.8 Å². The van der Waals surface area contributed by atoms with Crippen LogP contribution in [0.2, 0.25) is 0 Å². The fourth-order valence-electron chi connectivity index (χ4n) is 3.13. The number of aliphatic hydroxyl groups is 1. The molecule has 106 valence electrons. The van der Waals surface area contributed by atoms with E-state index in [-0.39, 0.29) is 6.04 Å². The first-order chi connectivity index (χ1) is 9.06. The summed E-state index contributed by atoms with van der Waals surface area (Å²) in [6.45, 7) is 5.07. The molecular formula is C16H25NO2. The number of hydrogen-bond donors (Lipinski definition) is 1. The van der Waals surface area contributed by atoms with Crippen LogP contribution in [-0.4, -0.2) is 42.9 Å². The lowest BCUT2D eigenvalue weighted by molar-refractivity contribution is 0.00702. The van der Waals surface area contributed by atoms with Gasteiger partial charge in [0.05, 0.1) is 12.7 Å². The summed E-state index contributed by atoms with van der Waals surface area (Å²) in [6, 6.07) is 8.72. The summed E-state index contributed by atoms with van der Waals surface area (Å²) >= 11 is 0. The Morgan fingerprint density at radius 2 is 2.00 bits per heavy atom. The molecule has 0 saturated heterocycles. The Bertz CT molecular complexity index is 421. The summed E-state index contributed by atoms with van der Waals surface area (Å²) in [6.07, 6.45) is 0.583. The molecule has 4 atom stereocenters. The quantitative estimate of drug-likeness (QED) is 0.906. The molecule has 0 aliphatic heterocycles. The van der Waals surface area contributed by atoms with Crippen LogP contribution in [0.25, 0.3) is 0 Å². The Labute approximate surface area is 116 Å². The highest BCUT2D eigenvalue weighted by molar-refractivity contribution is 5.35. The molecule has 1 aromatic rings. The number of benzene rings is 1. The lowest BCUT2D eigenvalue weighted by Gasteiger charge is -2.41. The molecule has 1 aromatic carbocycles. The Kier molecular flexibility index (Phi) is 4.61. The zero-order valence-corrected chi connectivity index (χ0v) is 12.3. The fourth-order valence-corrected chi connectivity index (χ4v) is 3.13. The van der Waals surface area contributed by atoms with Gasteiger partial charge in [0.1, 0.15) is 0 Å². The van der Waals surface area contributed by atoms with Gasteiger partial charge < -0.3 is 9.84 Å². The Morgan fingerprint density at radius 3 is 2.63 bits per heavy atom. The highest BCUT2D eigenvalue weighted by Crippen LogP contribution is 2.39. The monoisotopic (exact) mass is 263 g/mol. The van der Waals surface area contributed by atoms with Crippen LogP contribution in [-0.2, 0) is 4.74 Å². The van der Waals surface area contributed by atoms with E-state index >= 15 is 0 Å². The molecule has 0 spiro atoms. The second-order valence-electron chi connectivity index (χ2n) is 5.75.